The normalized spacial score (nSPS) is 24.8. The van der Waals surface area contributed by atoms with Crippen LogP contribution in [0.4, 0.5) is 0 Å². The summed E-state index contributed by atoms with van der Waals surface area (Å²) in [5.74, 6) is -1.29. The van der Waals surface area contributed by atoms with Gasteiger partial charge in [0.2, 0.25) is 0 Å². The van der Waals surface area contributed by atoms with Gasteiger partial charge in [-0.3, -0.25) is 9.59 Å². The van der Waals surface area contributed by atoms with Crippen molar-refractivity contribution in [1.29, 1.82) is 0 Å². The maximum Gasteiger partial charge on any atom is 0.259 e. The van der Waals surface area contributed by atoms with Gasteiger partial charge < -0.3 is 15.5 Å². The molecule has 5 nitrogen and oxygen atoms in total. The zero-order chi connectivity index (χ0) is 13.9. The highest BCUT2D eigenvalue weighted by molar-refractivity contribution is 6.27. The topological polar surface area (TPSA) is 86.6 Å². The van der Waals surface area contributed by atoms with Crippen LogP contribution in [0.3, 0.4) is 0 Å². The van der Waals surface area contributed by atoms with Gasteiger partial charge in [0.15, 0.2) is 5.78 Å². The lowest BCUT2D eigenvalue weighted by Crippen LogP contribution is -2.33. The second-order valence-corrected chi connectivity index (χ2v) is 4.81. The Labute approximate surface area is 106 Å². The molecule has 0 radical (unpaired) electrons. The number of carbonyl (C=O) groups excluding carboxylic acids is 2. The predicted molar refractivity (Wildman–Crippen MR) is 66.9 cm³/mol. The summed E-state index contributed by atoms with van der Waals surface area (Å²) in [6.45, 7) is 5.26. The first-order valence-electron chi connectivity index (χ1n) is 5.97. The highest BCUT2D eigenvalue weighted by Crippen LogP contribution is 2.19. The highest BCUT2D eigenvalue weighted by atomic mass is 16.3. The monoisotopic (exact) mass is 253 g/mol. The molecule has 1 aliphatic rings. The number of Topliss-reactive ketones (excluding diaryl/α,β-unsaturated/α-hetero) is 1. The van der Waals surface area contributed by atoms with Crippen molar-refractivity contribution in [3.05, 3.63) is 23.5 Å². The maximum atomic E-state index is 11.9. The fourth-order valence-corrected chi connectivity index (χ4v) is 1.72. The van der Waals surface area contributed by atoms with E-state index < -0.39 is 18.1 Å². The number of carbonyl (C=O) groups is 2. The molecule has 0 bridgehead atoms. The van der Waals surface area contributed by atoms with E-state index in [1.54, 1.807) is 6.92 Å². The Balaban J connectivity index is 2.90. The van der Waals surface area contributed by atoms with Gasteiger partial charge in [0.1, 0.15) is 11.3 Å². The molecule has 5 heteroatoms. The molecule has 1 saturated heterocycles. The summed E-state index contributed by atoms with van der Waals surface area (Å²) < 4.78 is 0. The lowest BCUT2D eigenvalue weighted by atomic mass is 9.99. The molecule has 1 amide bonds. The highest BCUT2D eigenvalue weighted by Gasteiger charge is 2.39. The third-order valence-electron chi connectivity index (χ3n) is 2.72. The van der Waals surface area contributed by atoms with Gasteiger partial charge in [-0.1, -0.05) is 19.9 Å². The van der Waals surface area contributed by atoms with E-state index in [0.717, 1.165) is 0 Å². The molecular weight excluding hydrogens is 234 g/mol. The van der Waals surface area contributed by atoms with Crippen LogP contribution in [0.25, 0.3) is 0 Å². The first-order valence-corrected chi connectivity index (χ1v) is 5.97. The molecule has 0 spiro atoms. The minimum Gasteiger partial charge on any atom is -0.507 e. The number of rotatable bonds is 4. The van der Waals surface area contributed by atoms with E-state index >= 15 is 0 Å². The van der Waals surface area contributed by atoms with Crippen molar-refractivity contribution in [3.63, 3.8) is 0 Å². The fourth-order valence-electron chi connectivity index (χ4n) is 1.72. The van der Waals surface area contributed by atoms with Gasteiger partial charge in [0, 0.05) is 0 Å². The number of aliphatic hydroxyl groups excluding tert-OH is 2. The smallest absolute Gasteiger partial charge is 0.259 e. The van der Waals surface area contributed by atoms with E-state index in [-0.39, 0.29) is 23.0 Å². The molecule has 1 fully saturated rings. The van der Waals surface area contributed by atoms with Crippen LogP contribution in [0.1, 0.15) is 27.2 Å². The summed E-state index contributed by atoms with van der Waals surface area (Å²) in [4.78, 5) is 23.5. The largest absolute Gasteiger partial charge is 0.507 e. The summed E-state index contributed by atoms with van der Waals surface area (Å²) in [7, 11) is 0. The Morgan fingerprint density at radius 1 is 1.39 bits per heavy atom. The number of hydrogen-bond acceptors (Lipinski definition) is 4. The maximum absolute atomic E-state index is 11.9. The summed E-state index contributed by atoms with van der Waals surface area (Å²) in [5.41, 5.74) is -0.199. The van der Waals surface area contributed by atoms with Crippen molar-refractivity contribution in [2.24, 2.45) is 5.92 Å². The van der Waals surface area contributed by atoms with E-state index in [4.69, 9.17) is 5.11 Å². The van der Waals surface area contributed by atoms with Crippen molar-refractivity contribution >= 4 is 11.7 Å². The van der Waals surface area contributed by atoms with Crippen molar-refractivity contribution in [2.75, 3.05) is 0 Å². The van der Waals surface area contributed by atoms with E-state index in [2.05, 4.69) is 5.32 Å². The van der Waals surface area contributed by atoms with Crippen molar-refractivity contribution in [2.45, 2.75) is 39.3 Å². The summed E-state index contributed by atoms with van der Waals surface area (Å²) in [6.07, 6.45) is 2.62. The molecule has 18 heavy (non-hydrogen) atoms. The molecule has 2 atom stereocenters. The Bertz CT molecular complexity index is 407. The van der Waals surface area contributed by atoms with Crippen LogP contribution in [0.5, 0.6) is 0 Å². The number of ketones is 1. The molecule has 0 aromatic rings. The summed E-state index contributed by atoms with van der Waals surface area (Å²) >= 11 is 0. The quantitative estimate of drug-likeness (QED) is 0.394. The number of amides is 1. The molecule has 1 aliphatic heterocycles. The van der Waals surface area contributed by atoms with E-state index in [1.807, 2.05) is 13.8 Å². The first kappa shape index (κ1) is 14.4. The molecule has 0 saturated carbocycles. The average Bonchev–Trinajstić information content (AvgIpc) is 2.53. The van der Waals surface area contributed by atoms with Crippen LogP contribution >= 0.6 is 0 Å². The Morgan fingerprint density at radius 3 is 2.44 bits per heavy atom. The van der Waals surface area contributed by atoms with Gasteiger partial charge in [0.05, 0.1) is 12.1 Å². The van der Waals surface area contributed by atoms with Crippen LogP contribution in [0.15, 0.2) is 23.5 Å². The summed E-state index contributed by atoms with van der Waals surface area (Å²) in [5, 5.41) is 21.3. The Hall–Kier alpha value is -1.62. The van der Waals surface area contributed by atoms with Crippen molar-refractivity contribution < 1.29 is 19.8 Å². The molecule has 0 aliphatic carbocycles. The van der Waals surface area contributed by atoms with E-state index in [9.17, 15) is 14.7 Å². The molecule has 0 aromatic carbocycles. The molecule has 3 N–H and O–H groups in total. The predicted octanol–water partition coefficient (Wildman–Crippen LogP) is 0.849. The van der Waals surface area contributed by atoms with E-state index in [0.29, 0.717) is 6.42 Å². The van der Waals surface area contributed by atoms with Crippen LogP contribution in [-0.4, -0.2) is 34.0 Å². The number of nitrogens with one attached hydrogen (secondary N) is 1. The average molecular weight is 253 g/mol. The lowest BCUT2D eigenvalue weighted by molar-refractivity contribution is -0.117. The zero-order valence-electron chi connectivity index (χ0n) is 10.8. The second kappa shape index (κ2) is 5.82. The van der Waals surface area contributed by atoms with Crippen molar-refractivity contribution in [1.82, 2.24) is 5.32 Å². The van der Waals surface area contributed by atoms with Crippen LogP contribution in [-0.2, 0) is 9.59 Å². The lowest BCUT2D eigenvalue weighted by Gasteiger charge is -2.10. The molecule has 1 unspecified atom stereocenters. The zero-order valence-corrected chi connectivity index (χ0v) is 10.8. The summed E-state index contributed by atoms with van der Waals surface area (Å²) in [6, 6.07) is -0.570. The minimum absolute atomic E-state index is 0.0202. The molecule has 1 rings (SSSR count). The number of allylic oxidation sites excluding steroid dienone is 1. The number of aliphatic hydroxyl groups is 2. The minimum atomic E-state index is -0.570. The molecule has 1 heterocycles. The molecular formula is C13H19NO4. The fraction of sp³-hybridized carbons (Fsp3) is 0.538. The molecule has 100 valence electrons. The van der Waals surface area contributed by atoms with Gasteiger partial charge in [-0.2, -0.15) is 0 Å². The number of hydrogen-bond donors (Lipinski definition) is 3. The van der Waals surface area contributed by atoms with Gasteiger partial charge in [-0.25, -0.2) is 0 Å². The Morgan fingerprint density at radius 2 is 2.00 bits per heavy atom. The van der Waals surface area contributed by atoms with Crippen molar-refractivity contribution in [3.8, 4) is 0 Å². The SMILES string of the molecule is CC(O)C/C=C/C(O)=C1/C(=O)N[C@@H](C(C)C)C1=O. The standard InChI is InChI=1S/C13H19NO4/c1-7(2)11-12(17)10(13(18)14-11)9(16)6-4-5-8(3)15/h4,6-8,11,15-16H,5H2,1-3H3,(H,14,18)/b6-4+,10-9-/t8?,11-/m0/s1. The first-order chi connectivity index (χ1) is 8.34. The molecule has 0 aromatic heterocycles. The van der Waals surface area contributed by atoms with Crippen LogP contribution in [0, 0.1) is 5.92 Å². The van der Waals surface area contributed by atoms with Gasteiger partial charge in [-0.05, 0) is 25.3 Å². The van der Waals surface area contributed by atoms with Crippen LogP contribution in [0.2, 0.25) is 0 Å². The van der Waals surface area contributed by atoms with E-state index in [1.165, 1.54) is 12.2 Å². The third kappa shape index (κ3) is 3.20. The van der Waals surface area contributed by atoms with Gasteiger partial charge in [0.25, 0.3) is 5.91 Å². The third-order valence-corrected chi connectivity index (χ3v) is 2.72. The Kier molecular flexibility index (Phi) is 4.67. The van der Waals surface area contributed by atoms with Gasteiger partial charge >= 0.3 is 0 Å². The second-order valence-electron chi connectivity index (χ2n) is 4.81. The van der Waals surface area contributed by atoms with Gasteiger partial charge in [-0.15, -0.1) is 0 Å². The van der Waals surface area contributed by atoms with Crippen LogP contribution < -0.4 is 5.32 Å².